The monoisotopic (exact) mass is 343 g/mol. The van der Waals surface area contributed by atoms with E-state index in [4.69, 9.17) is 9.47 Å². The van der Waals surface area contributed by atoms with Gasteiger partial charge < -0.3 is 14.5 Å². The summed E-state index contributed by atoms with van der Waals surface area (Å²) in [5.74, 6) is 0.736. The van der Waals surface area contributed by atoms with E-state index >= 15 is 0 Å². The molecule has 0 fully saturated rings. The Labute approximate surface area is 151 Å². The molecule has 4 nitrogen and oxygen atoms in total. The number of esters is 1. The first kappa shape index (κ1) is 16.0. The van der Waals surface area contributed by atoms with Gasteiger partial charge in [0, 0.05) is 6.20 Å². The van der Waals surface area contributed by atoms with Gasteiger partial charge in [-0.25, -0.2) is 4.79 Å². The molecule has 0 atom stereocenters. The van der Waals surface area contributed by atoms with Crippen LogP contribution in [0.4, 0.5) is 0 Å². The molecule has 26 heavy (non-hydrogen) atoms. The second-order valence-electron chi connectivity index (χ2n) is 5.86. The molecule has 0 aliphatic heterocycles. The predicted molar refractivity (Wildman–Crippen MR) is 100 cm³/mol. The van der Waals surface area contributed by atoms with E-state index in [1.807, 2.05) is 66.7 Å². The molecule has 1 heterocycles. The second-order valence-corrected chi connectivity index (χ2v) is 5.86. The van der Waals surface area contributed by atoms with Crippen molar-refractivity contribution in [1.29, 1.82) is 0 Å². The fourth-order valence-electron chi connectivity index (χ4n) is 2.82. The van der Waals surface area contributed by atoms with Gasteiger partial charge in [0.1, 0.15) is 18.1 Å². The molecule has 0 aliphatic rings. The molecular weight excluding hydrogens is 326 g/mol. The van der Waals surface area contributed by atoms with Crippen LogP contribution in [0, 0.1) is 0 Å². The topological polar surface area (TPSA) is 51.3 Å². The summed E-state index contributed by atoms with van der Waals surface area (Å²) in [6, 6.07) is 24.6. The highest BCUT2D eigenvalue weighted by molar-refractivity contribution is 6.07. The predicted octanol–water partition coefficient (Wildman–Crippen LogP) is 4.97. The summed E-state index contributed by atoms with van der Waals surface area (Å²) in [5, 5.41) is 0.726. The molecular formula is C22H17NO3. The van der Waals surface area contributed by atoms with Crippen LogP contribution < -0.4 is 9.47 Å². The maximum absolute atomic E-state index is 12.6. The molecule has 0 bridgehead atoms. The van der Waals surface area contributed by atoms with Gasteiger partial charge in [0.25, 0.3) is 0 Å². The van der Waals surface area contributed by atoms with Gasteiger partial charge in [-0.2, -0.15) is 0 Å². The zero-order valence-corrected chi connectivity index (χ0v) is 14.0. The Bertz CT molecular complexity index is 1020. The zero-order chi connectivity index (χ0) is 17.8. The Morgan fingerprint density at radius 3 is 2.35 bits per heavy atom. The number of nitrogens with one attached hydrogen (secondary N) is 1. The zero-order valence-electron chi connectivity index (χ0n) is 14.0. The van der Waals surface area contributed by atoms with Crippen molar-refractivity contribution >= 4 is 16.9 Å². The van der Waals surface area contributed by atoms with Crippen LogP contribution in [0.5, 0.6) is 11.5 Å². The third-order valence-electron chi connectivity index (χ3n) is 4.08. The average molecular weight is 343 g/mol. The largest absolute Gasteiger partial charge is 0.488 e. The second kappa shape index (κ2) is 7.15. The summed E-state index contributed by atoms with van der Waals surface area (Å²) >= 11 is 0. The number of carbonyl (C=O) groups is 1. The summed E-state index contributed by atoms with van der Waals surface area (Å²) in [5.41, 5.74) is 2.34. The number of rotatable bonds is 5. The minimum Gasteiger partial charge on any atom is -0.488 e. The number of para-hydroxylation sites is 1. The lowest BCUT2D eigenvalue weighted by Gasteiger charge is -2.09. The maximum atomic E-state index is 12.6. The number of benzene rings is 3. The molecule has 4 heteroatoms. The first-order valence-electron chi connectivity index (χ1n) is 8.35. The average Bonchev–Trinajstić information content (AvgIpc) is 3.13. The molecule has 0 aliphatic carbocycles. The molecule has 0 spiro atoms. The van der Waals surface area contributed by atoms with Crippen LogP contribution in [-0.4, -0.2) is 11.0 Å². The standard InChI is InChI=1S/C22H17NO3/c24-22(26-17-10-5-2-6-11-17)18-14-23-19-12-7-13-20(21(18)19)25-15-16-8-3-1-4-9-16/h1-14,23H,15H2. The van der Waals surface area contributed by atoms with Gasteiger partial charge in [-0.05, 0) is 29.8 Å². The van der Waals surface area contributed by atoms with Crippen molar-refractivity contribution in [3.8, 4) is 11.5 Å². The molecule has 4 aromatic rings. The summed E-state index contributed by atoms with van der Waals surface area (Å²) in [6.45, 7) is 0.429. The third-order valence-corrected chi connectivity index (χ3v) is 4.08. The minimum absolute atomic E-state index is 0.418. The number of aromatic amines is 1. The first-order valence-corrected chi connectivity index (χ1v) is 8.35. The SMILES string of the molecule is O=C(Oc1ccccc1)c1c[nH]c2cccc(OCc3ccccc3)c12. The lowest BCUT2D eigenvalue weighted by molar-refractivity contribution is 0.0736. The van der Waals surface area contributed by atoms with Crippen molar-refractivity contribution in [2.75, 3.05) is 0 Å². The normalized spacial score (nSPS) is 10.6. The highest BCUT2D eigenvalue weighted by Gasteiger charge is 2.18. The van der Waals surface area contributed by atoms with Crippen LogP contribution in [0.3, 0.4) is 0 Å². The molecule has 0 unspecified atom stereocenters. The number of hydrogen-bond acceptors (Lipinski definition) is 3. The summed E-state index contributed by atoms with van der Waals surface area (Å²) in [6.07, 6.45) is 1.66. The minimum atomic E-state index is -0.418. The number of ether oxygens (including phenoxy) is 2. The van der Waals surface area contributed by atoms with Crippen LogP contribution in [0.15, 0.2) is 85.1 Å². The van der Waals surface area contributed by atoms with Crippen molar-refractivity contribution in [3.63, 3.8) is 0 Å². The third kappa shape index (κ3) is 3.30. The molecule has 4 rings (SSSR count). The first-order chi connectivity index (χ1) is 12.8. The van der Waals surface area contributed by atoms with E-state index in [2.05, 4.69) is 4.98 Å². The number of H-pyrrole nitrogens is 1. The van der Waals surface area contributed by atoms with Crippen LogP contribution >= 0.6 is 0 Å². The van der Waals surface area contributed by atoms with E-state index in [1.54, 1.807) is 18.3 Å². The molecule has 0 saturated carbocycles. The van der Waals surface area contributed by atoms with E-state index in [0.29, 0.717) is 23.7 Å². The maximum Gasteiger partial charge on any atom is 0.345 e. The number of aromatic nitrogens is 1. The Morgan fingerprint density at radius 1 is 0.846 bits per heavy atom. The van der Waals surface area contributed by atoms with Crippen LogP contribution in [0.1, 0.15) is 15.9 Å². The fraction of sp³-hybridized carbons (Fsp3) is 0.0455. The van der Waals surface area contributed by atoms with Gasteiger partial charge in [-0.3, -0.25) is 0 Å². The van der Waals surface area contributed by atoms with E-state index in [0.717, 1.165) is 16.5 Å². The Kier molecular flexibility index (Phi) is 4.39. The lowest BCUT2D eigenvalue weighted by atomic mass is 10.1. The summed E-state index contributed by atoms with van der Waals surface area (Å²) < 4.78 is 11.4. The number of hydrogen-bond donors (Lipinski definition) is 1. The lowest BCUT2D eigenvalue weighted by Crippen LogP contribution is -2.08. The van der Waals surface area contributed by atoms with Crippen LogP contribution in [-0.2, 0) is 6.61 Å². The smallest absolute Gasteiger partial charge is 0.345 e. The van der Waals surface area contributed by atoms with E-state index in [1.165, 1.54) is 0 Å². The van der Waals surface area contributed by atoms with E-state index in [9.17, 15) is 4.79 Å². The quantitative estimate of drug-likeness (QED) is 0.411. The van der Waals surface area contributed by atoms with E-state index < -0.39 is 5.97 Å². The highest BCUT2D eigenvalue weighted by Crippen LogP contribution is 2.30. The molecule has 0 radical (unpaired) electrons. The van der Waals surface area contributed by atoms with Gasteiger partial charge >= 0.3 is 5.97 Å². The summed E-state index contributed by atoms with van der Waals surface area (Å²) in [4.78, 5) is 15.7. The number of fused-ring (bicyclic) bond motifs is 1. The van der Waals surface area contributed by atoms with Gasteiger partial charge in [-0.15, -0.1) is 0 Å². The Hall–Kier alpha value is -3.53. The van der Waals surface area contributed by atoms with Crippen molar-refractivity contribution < 1.29 is 14.3 Å². The van der Waals surface area contributed by atoms with E-state index in [-0.39, 0.29) is 0 Å². The fourth-order valence-corrected chi connectivity index (χ4v) is 2.82. The molecule has 1 aromatic heterocycles. The van der Waals surface area contributed by atoms with Gasteiger partial charge in [-0.1, -0.05) is 54.6 Å². The van der Waals surface area contributed by atoms with Crippen LogP contribution in [0.25, 0.3) is 10.9 Å². The van der Waals surface area contributed by atoms with Gasteiger partial charge in [0.2, 0.25) is 0 Å². The molecule has 128 valence electrons. The van der Waals surface area contributed by atoms with Crippen molar-refractivity contribution in [3.05, 3.63) is 96.2 Å². The molecule has 0 amide bonds. The van der Waals surface area contributed by atoms with Crippen molar-refractivity contribution in [2.45, 2.75) is 6.61 Å². The Balaban J connectivity index is 1.62. The highest BCUT2D eigenvalue weighted by atomic mass is 16.5. The summed E-state index contributed by atoms with van der Waals surface area (Å²) in [7, 11) is 0. The molecule has 3 aromatic carbocycles. The van der Waals surface area contributed by atoms with Gasteiger partial charge in [0.05, 0.1) is 16.5 Å². The molecule has 0 saturated heterocycles. The molecule has 1 N–H and O–H groups in total. The van der Waals surface area contributed by atoms with Gasteiger partial charge in [0.15, 0.2) is 0 Å². The number of carbonyl (C=O) groups excluding carboxylic acids is 1. The van der Waals surface area contributed by atoms with Crippen molar-refractivity contribution in [1.82, 2.24) is 4.98 Å². The Morgan fingerprint density at radius 2 is 1.58 bits per heavy atom. The van der Waals surface area contributed by atoms with Crippen LogP contribution in [0.2, 0.25) is 0 Å². The van der Waals surface area contributed by atoms with Crippen molar-refractivity contribution in [2.24, 2.45) is 0 Å².